The van der Waals surface area contributed by atoms with Crippen molar-refractivity contribution in [2.75, 3.05) is 31.1 Å². The van der Waals surface area contributed by atoms with E-state index in [1.54, 1.807) is 0 Å². The SMILES string of the molecule is O=C(Oc1ccccc1)N1CCC2(CCCN(c3ccccc3)C2)CC1. The third-order valence-corrected chi connectivity index (χ3v) is 5.81. The lowest BCUT2D eigenvalue weighted by molar-refractivity contribution is 0.0830. The van der Waals surface area contributed by atoms with Crippen molar-refractivity contribution < 1.29 is 9.53 Å². The second-order valence-electron chi connectivity index (χ2n) is 7.53. The van der Waals surface area contributed by atoms with Gasteiger partial charge in [0, 0.05) is 31.9 Å². The molecule has 0 aromatic heterocycles. The Labute approximate surface area is 155 Å². The van der Waals surface area contributed by atoms with Crippen LogP contribution in [-0.2, 0) is 0 Å². The summed E-state index contributed by atoms with van der Waals surface area (Å²) < 4.78 is 5.50. The monoisotopic (exact) mass is 350 g/mol. The number of amides is 1. The Bertz CT molecular complexity index is 724. The van der Waals surface area contributed by atoms with Crippen molar-refractivity contribution in [2.45, 2.75) is 25.7 Å². The molecule has 4 heteroatoms. The average molecular weight is 350 g/mol. The van der Waals surface area contributed by atoms with Gasteiger partial charge >= 0.3 is 6.09 Å². The molecule has 2 heterocycles. The van der Waals surface area contributed by atoms with Crippen LogP contribution in [0.15, 0.2) is 60.7 Å². The fourth-order valence-corrected chi connectivity index (χ4v) is 4.29. The van der Waals surface area contributed by atoms with Crippen LogP contribution in [0.5, 0.6) is 5.75 Å². The maximum Gasteiger partial charge on any atom is 0.415 e. The maximum atomic E-state index is 12.4. The number of para-hydroxylation sites is 2. The summed E-state index contributed by atoms with van der Waals surface area (Å²) >= 11 is 0. The van der Waals surface area contributed by atoms with E-state index in [2.05, 4.69) is 35.2 Å². The van der Waals surface area contributed by atoms with E-state index in [0.29, 0.717) is 11.2 Å². The number of rotatable bonds is 2. The zero-order valence-electron chi connectivity index (χ0n) is 15.1. The minimum atomic E-state index is -0.221. The molecule has 0 saturated carbocycles. The van der Waals surface area contributed by atoms with Crippen LogP contribution < -0.4 is 9.64 Å². The molecule has 2 aliphatic rings. The molecule has 0 bridgehead atoms. The van der Waals surface area contributed by atoms with Crippen molar-refractivity contribution in [3.05, 3.63) is 60.7 Å². The Morgan fingerprint density at radius 3 is 2.19 bits per heavy atom. The van der Waals surface area contributed by atoms with E-state index in [1.807, 2.05) is 35.2 Å². The van der Waals surface area contributed by atoms with Crippen molar-refractivity contribution in [1.29, 1.82) is 0 Å². The van der Waals surface area contributed by atoms with E-state index in [0.717, 1.165) is 39.0 Å². The Morgan fingerprint density at radius 1 is 0.846 bits per heavy atom. The van der Waals surface area contributed by atoms with Gasteiger partial charge in [-0.3, -0.25) is 0 Å². The van der Waals surface area contributed by atoms with Gasteiger partial charge in [0.05, 0.1) is 0 Å². The van der Waals surface area contributed by atoms with Crippen LogP contribution in [0.3, 0.4) is 0 Å². The second-order valence-corrected chi connectivity index (χ2v) is 7.53. The van der Waals surface area contributed by atoms with E-state index in [-0.39, 0.29) is 6.09 Å². The molecule has 1 spiro atoms. The molecule has 4 nitrogen and oxygen atoms in total. The second kappa shape index (κ2) is 7.40. The quantitative estimate of drug-likeness (QED) is 0.795. The van der Waals surface area contributed by atoms with Gasteiger partial charge in [-0.05, 0) is 55.4 Å². The fourth-order valence-electron chi connectivity index (χ4n) is 4.29. The summed E-state index contributed by atoms with van der Waals surface area (Å²) in [6.45, 7) is 3.80. The summed E-state index contributed by atoms with van der Waals surface area (Å²) in [6, 6.07) is 20.0. The van der Waals surface area contributed by atoms with Crippen LogP contribution in [0, 0.1) is 5.41 Å². The third kappa shape index (κ3) is 3.69. The number of carbonyl (C=O) groups excluding carboxylic acids is 1. The molecule has 2 aliphatic heterocycles. The molecule has 136 valence electrons. The zero-order chi connectivity index (χ0) is 17.8. The molecule has 0 aliphatic carbocycles. The number of hydrogen-bond acceptors (Lipinski definition) is 3. The Kier molecular flexibility index (Phi) is 4.83. The van der Waals surface area contributed by atoms with Gasteiger partial charge in [-0.1, -0.05) is 36.4 Å². The molecule has 0 N–H and O–H groups in total. The first-order valence-corrected chi connectivity index (χ1v) is 9.56. The van der Waals surface area contributed by atoms with Crippen molar-refractivity contribution in [1.82, 2.24) is 4.90 Å². The molecule has 0 atom stereocenters. The zero-order valence-corrected chi connectivity index (χ0v) is 15.1. The molecular formula is C22H26N2O2. The molecule has 2 fully saturated rings. The number of piperidine rings is 2. The molecular weight excluding hydrogens is 324 g/mol. The van der Waals surface area contributed by atoms with Crippen LogP contribution in [0.4, 0.5) is 10.5 Å². The average Bonchev–Trinajstić information content (AvgIpc) is 2.70. The Hall–Kier alpha value is -2.49. The first-order chi connectivity index (χ1) is 12.7. The lowest BCUT2D eigenvalue weighted by Gasteiger charge is -2.48. The van der Waals surface area contributed by atoms with Gasteiger partial charge in [-0.25, -0.2) is 4.79 Å². The van der Waals surface area contributed by atoms with Crippen LogP contribution in [-0.4, -0.2) is 37.2 Å². The number of likely N-dealkylation sites (tertiary alicyclic amines) is 1. The summed E-state index contributed by atoms with van der Waals surface area (Å²) in [6.07, 6.45) is 4.38. The lowest BCUT2D eigenvalue weighted by atomic mass is 9.72. The van der Waals surface area contributed by atoms with E-state index in [1.165, 1.54) is 18.5 Å². The lowest BCUT2D eigenvalue weighted by Crippen LogP contribution is -2.51. The molecule has 26 heavy (non-hydrogen) atoms. The van der Waals surface area contributed by atoms with Crippen LogP contribution in [0.25, 0.3) is 0 Å². The Balaban J connectivity index is 1.36. The van der Waals surface area contributed by atoms with Crippen LogP contribution in [0.2, 0.25) is 0 Å². The minimum absolute atomic E-state index is 0.221. The van der Waals surface area contributed by atoms with Gasteiger partial charge < -0.3 is 14.5 Å². The van der Waals surface area contributed by atoms with E-state index in [9.17, 15) is 4.79 Å². The summed E-state index contributed by atoms with van der Waals surface area (Å²) in [7, 11) is 0. The highest BCUT2D eigenvalue weighted by Crippen LogP contribution is 2.41. The first kappa shape index (κ1) is 17.0. The Morgan fingerprint density at radius 2 is 1.50 bits per heavy atom. The molecule has 1 amide bonds. The molecule has 0 radical (unpaired) electrons. The molecule has 2 aromatic carbocycles. The third-order valence-electron chi connectivity index (χ3n) is 5.81. The molecule has 4 rings (SSSR count). The van der Waals surface area contributed by atoms with E-state index < -0.39 is 0 Å². The summed E-state index contributed by atoms with van der Waals surface area (Å²) in [5.74, 6) is 0.616. The summed E-state index contributed by atoms with van der Waals surface area (Å²) in [5.41, 5.74) is 1.65. The normalized spacial score (nSPS) is 19.4. The van der Waals surface area contributed by atoms with Gasteiger partial charge in [0.2, 0.25) is 0 Å². The smallest absolute Gasteiger partial charge is 0.410 e. The fraction of sp³-hybridized carbons (Fsp3) is 0.409. The molecule has 2 aromatic rings. The number of carbonyl (C=O) groups is 1. The van der Waals surface area contributed by atoms with Gasteiger partial charge in [-0.15, -0.1) is 0 Å². The predicted molar refractivity (Wildman–Crippen MR) is 104 cm³/mol. The highest BCUT2D eigenvalue weighted by Gasteiger charge is 2.39. The topological polar surface area (TPSA) is 32.8 Å². The highest BCUT2D eigenvalue weighted by atomic mass is 16.6. The maximum absolute atomic E-state index is 12.4. The largest absolute Gasteiger partial charge is 0.415 e. The van der Waals surface area contributed by atoms with Crippen molar-refractivity contribution in [3.63, 3.8) is 0 Å². The summed E-state index contributed by atoms with van der Waals surface area (Å²) in [5, 5.41) is 0. The standard InChI is InChI=1S/C22H26N2O2/c25-21(26-20-10-5-2-6-11-20)23-16-13-22(14-17-23)12-7-15-24(18-22)19-8-3-1-4-9-19/h1-6,8-11H,7,12-18H2. The number of anilines is 1. The first-order valence-electron chi connectivity index (χ1n) is 9.56. The van der Waals surface area contributed by atoms with E-state index >= 15 is 0 Å². The van der Waals surface area contributed by atoms with Crippen LogP contribution in [0.1, 0.15) is 25.7 Å². The van der Waals surface area contributed by atoms with E-state index in [4.69, 9.17) is 4.74 Å². The molecule has 2 saturated heterocycles. The number of benzene rings is 2. The highest BCUT2D eigenvalue weighted by molar-refractivity contribution is 5.70. The number of hydrogen-bond donors (Lipinski definition) is 0. The van der Waals surface area contributed by atoms with Crippen LogP contribution >= 0.6 is 0 Å². The minimum Gasteiger partial charge on any atom is -0.410 e. The van der Waals surface area contributed by atoms with Crippen molar-refractivity contribution in [2.24, 2.45) is 5.41 Å². The van der Waals surface area contributed by atoms with Gasteiger partial charge in [0.15, 0.2) is 0 Å². The number of nitrogens with zero attached hydrogens (tertiary/aromatic N) is 2. The van der Waals surface area contributed by atoms with Gasteiger partial charge in [-0.2, -0.15) is 0 Å². The summed E-state index contributed by atoms with van der Waals surface area (Å²) in [4.78, 5) is 16.8. The molecule has 0 unspecified atom stereocenters. The predicted octanol–water partition coefficient (Wildman–Crippen LogP) is 4.57. The van der Waals surface area contributed by atoms with Gasteiger partial charge in [0.25, 0.3) is 0 Å². The number of ether oxygens (including phenoxy) is 1. The van der Waals surface area contributed by atoms with Gasteiger partial charge in [0.1, 0.15) is 5.75 Å². The van der Waals surface area contributed by atoms with Crippen molar-refractivity contribution in [3.8, 4) is 5.75 Å². The van der Waals surface area contributed by atoms with Crippen molar-refractivity contribution >= 4 is 11.8 Å².